The molecule has 0 spiro atoms. The van der Waals surface area contributed by atoms with Crippen molar-refractivity contribution in [1.82, 2.24) is 9.78 Å². The second-order valence-corrected chi connectivity index (χ2v) is 6.64. The Hall–Kier alpha value is -4.07. The van der Waals surface area contributed by atoms with E-state index in [4.69, 9.17) is 14.2 Å². The van der Waals surface area contributed by atoms with Crippen LogP contribution in [0.2, 0.25) is 0 Å². The Morgan fingerprint density at radius 2 is 1.87 bits per heavy atom. The van der Waals surface area contributed by atoms with E-state index in [0.29, 0.717) is 37.0 Å². The van der Waals surface area contributed by atoms with Gasteiger partial charge in [0.2, 0.25) is 5.91 Å². The summed E-state index contributed by atoms with van der Waals surface area (Å²) in [7, 11) is 0. The molecule has 3 aromatic rings. The number of fused-ring (bicyclic) bond motifs is 1. The van der Waals surface area contributed by atoms with Crippen LogP contribution in [0.3, 0.4) is 0 Å². The van der Waals surface area contributed by atoms with Crippen LogP contribution >= 0.6 is 0 Å². The molecule has 0 unspecified atom stereocenters. The SMILES string of the molecule is CCOC(=O)c1ccn(-c2ccc(NC(=O)C=Cc3ccc4c(c3)OCCO4)cc2)n1. The monoisotopic (exact) mass is 419 g/mol. The van der Waals surface area contributed by atoms with E-state index < -0.39 is 5.97 Å². The quantitative estimate of drug-likeness (QED) is 0.486. The summed E-state index contributed by atoms with van der Waals surface area (Å²) in [5.74, 6) is 0.662. The van der Waals surface area contributed by atoms with E-state index in [2.05, 4.69) is 10.4 Å². The number of hydrogen-bond acceptors (Lipinski definition) is 6. The molecular formula is C23H21N3O5. The number of amides is 1. The fourth-order valence-corrected chi connectivity index (χ4v) is 3.00. The minimum Gasteiger partial charge on any atom is -0.486 e. The van der Waals surface area contributed by atoms with Gasteiger partial charge in [-0.25, -0.2) is 9.48 Å². The van der Waals surface area contributed by atoms with Crippen molar-refractivity contribution in [2.75, 3.05) is 25.1 Å². The van der Waals surface area contributed by atoms with Crippen molar-refractivity contribution >= 4 is 23.6 Å². The Balaban J connectivity index is 1.37. The first-order valence-corrected chi connectivity index (χ1v) is 9.84. The summed E-state index contributed by atoms with van der Waals surface area (Å²) in [6.07, 6.45) is 4.84. The Bertz CT molecular complexity index is 1120. The molecule has 1 amide bonds. The van der Waals surface area contributed by atoms with E-state index in [1.807, 2.05) is 18.2 Å². The van der Waals surface area contributed by atoms with Gasteiger partial charge in [-0.15, -0.1) is 0 Å². The molecule has 158 valence electrons. The number of esters is 1. The maximum absolute atomic E-state index is 12.2. The number of carbonyl (C=O) groups is 2. The van der Waals surface area contributed by atoms with Gasteiger partial charge in [-0.05, 0) is 61.0 Å². The van der Waals surface area contributed by atoms with E-state index in [0.717, 1.165) is 11.3 Å². The lowest BCUT2D eigenvalue weighted by Gasteiger charge is -2.18. The van der Waals surface area contributed by atoms with Crippen LogP contribution in [0.1, 0.15) is 23.0 Å². The zero-order valence-corrected chi connectivity index (χ0v) is 16.9. The van der Waals surface area contributed by atoms with Gasteiger partial charge in [0.1, 0.15) is 13.2 Å². The van der Waals surface area contributed by atoms with Crippen LogP contribution in [0, 0.1) is 0 Å². The molecule has 2 aromatic carbocycles. The minimum atomic E-state index is -0.463. The van der Waals surface area contributed by atoms with Crippen molar-refractivity contribution < 1.29 is 23.8 Å². The molecule has 0 atom stereocenters. The van der Waals surface area contributed by atoms with Gasteiger partial charge in [0, 0.05) is 18.0 Å². The molecule has 1 N–H and O–H groups in total. The van der Waals surface area contributed by atoms with Gasteiger partial charge in [-0.2, -0.15) is 5.10 Å². The summed E-state index contributed by atoms with van der Waals surface area (Å²) < 4.78 is 17.5. The first kappa shape index (κ1) is 20.2. The Morgan fingerprint density at radius 1 is 1.10 bits per heavy atom. The zero-order chi connectivity index (χ0) is 21.6. The summed E-state index contributed by atoms with van der Waals surface area (Å²) in [6, 6.07) is 14.2. The Labute approximate surface area is 179 Å². The summed E-state index contributed by atoms with van der Waals surface area (Å²) in [5.41, 5.74) is 2.47. The number of carbonyl (C=O) groups excluding carboxylic acids is 2. The van der Waals surface area contributed by atoms with E-state index in [9.17, 15) is 9.59 Å². The van der Waals surface area contributed by atoms with Crippen molar-refractivity contribution in [1.29, 1.82) is 0 Å². The van der Waals surface area contributed by atoms with Crippen molar-refractivity contribution in [3.05, 3.63) is 72.1 Å². The summed E-state index contributed by atoms with van der Waals surface area (Å²) >= 11 is 0. The molecule has 0 aliphatic carbocycles. The largest absolute Gasteiger partial charge is 0.486 e. The van der Waals surface area contributed by atoms with Crippen LogP contribution in [-0.2, 0) is 9.53 Å². The molecule has 8 heteroatoms. The third kappa shape index (κ3) is 4.92. The number of anilines is 1. The molecule has 4 rings (SSSR count). The number of hydrogen-bond donors (Lipinski definition) is 1. The number of nitrogens with one attached hydrogen (secondary N) is 1. The molecular weight excluding hydrogens is 398 g/mol. The smallest absolute Gasteiger partial charge is 0.358 e. The fourth-order valence-electron chi connectivity index (χ4n) is 3.00. The minimum absolute atomic E-state index is 0.239. The van der Waals surface area contributed by atoms with E-state index in [1.54, 1.807) is 54.2 Å². The van der Waals surface area contributed by atoms with Gasteiger partial charge in [0.05, 0.1) is 12.3 Å². The van der Waals surface area contributed by atoms with E-state index >= 15 is 0 Å². The lowest BCUT2D eigenvalue weighted by Crippen LogP contribution is -2.15. The predicted octanol–water partition coefficient (Wildman–Crippen LogP) is 3.47. The summed E-state index contributed by atoms with van der Waals surface area (Å²) in [5, 5.41) is 7.02. The van der Waals surface area contributed by atoms with Crippen LogP contribution in [0.15, 0.2) is 60.8 Å². The van der Waals surface area contributed by atoms with Crippen LogP contribution in [0.5, 0.6) is 11.5 Å². The lowest BCUT2D eigenvalue weighted by molar-refractivity contribution is -0.111. The molecule has 0 fully saturated rings. The molecule has 31 heavy (non-hydrogen) atoms. The lowest BCUT2D eigenvalue weighted by atomic mass is 10.2. The molecule has 0 radical (unpaired) electrons. The van der Waals surface area contributed by atoms with Crippen LogP contribution in [0.25, 0.3) is 11.8 Å². The topological polar surface area (TPSA) is 91.7 Å². The van der Waals surface area contributed by atoms with Gasteiger partial charge in [0.15, 0.2) is 17.2 Å². The third-order valence-electron chi connectivity index (χ3n) is 4.47. The molecule has 0 saturated heterocycles. The summed E-state index contributed by atoms with van der Waals surface area (Å²) in [4.78, 5) is 24.0. The van der Waals surface area contributed by atoms with Crippen molar-refractivity contribution in [2.24, 2.45) is 0 Å². The van der Waals surface area contributed by atoms with Gasteiger partial charge in [0.25, 0.3) is 0 Å². The zero-order valence-electron chi connectivity index (χ0n) is 16.9. The third-order valence-corrected chi connectivity index (χ3v) is 4.47. The number of rotatable bonds is 6. The average molecular weight is 419 g/mol. The van der Waals surface area contributed by atoms with Crippen molar-refractivity contribution in [3.63, 3.8) is 0 Å². The highest BCUT2D eigenvalue weighted by Crippen LogP contribution is 2.31. The van der Waals surface area contributed by atoms with E-state index in [-0.39, 0.29) is 11.6 Å². The van der Waals surface area contributed by atoms with E-state index in [1.165, 1.54) is 6.08 Å². The molecule has 0 saturated carbocycles. The fraction of sp³-hybridized carbons (Fsp3) is 0.174. The highest BCUT2D eigenvalue weighted by atomic mass is 16.6. The second-order valence-electron chi connectivity index (χ2n) is 6.64. The molecule has 1 aliphatic heterocycles. The van der Waals surface area contributed by atoms with Crippen LogP contribution in [-0.4, -0.2) is 41.5 Å². The van der Waals surface area contributed by atoms with Crippen LogP contribution in [0.4, 0.5) is 5.69 Å². The van der Waals surface area contributed by atoms with Gasteiger partial charge in [-0.1, -0.05) is 6.07 Å². The summed E-state index contributed by atoms with van der Waals surface area (Å²) in [6.45, 7) is 3.09. The predicted molar refractivity (Wildman–Crippen MR) is 115 cm³/mol. The standard InChI is InChI=1S/C23H21N3O5/c1-2-29-23(28)19-11-12-26(25-19)18-7-5-17(6-8-18)24-22(27)10-4-16-3-9-20-21(15-16)31-14-13-30-20/h3-12,15H,2,13-14H2,1H3,(H,24,27). The Morgan fingerprint density at radius 3 is 2.65 bits per heavy atom. The average Bonchev–Trinajstić information content (AvgIpc) is 3.29. The molecule has 2 heterocycles. The molecule has 8 nitrogen and oxygen atoms in total. The van der Waals surface area contributed by atoms with Gasteiger partial charge in [-0.3, -0.25) is 4.79 Å². The second kappa shape index (κ2) is 9.17. The normalized spacial score (nSPS) is 12.5. The highest BCUT2D eigenvalue weighted by Gasteiger charge is 2.12. The number of ether oxygens (including phenoxy) is 3. The maximum Gasteiger partial charge on any atom is 0.358 e. The maximum atomic E-state index is 12.2. The van der Waals surface area contributed by atoms with Gasteiger partial charge >= 0.3 is 5.97 Å². The van der Waals surface area contributed by atoms with Gasteiger partial charge < -0.3 is 19.5 Å². The van der Waals surface area contributed by atoms with Crippen LogP contribution < -0.4 is 14.8 Å². The molecule has 0 bridgehead atoms. The number of aromatic nitrogens is 2. The van der Waals surface area contributed by atoms with Crippen molar-refractivity contribution in [2.45, 2.75) is 6.92 Å². The molecule has 1 aliphatic rings. The molecule has 1 aromatic heterocycles. The Kier molecular flexibility index (Phi) is 5.98. The first-order chi connectivity index (χ1) is 15.1. The number of benzene rings is 2. The van der Waals surface area contributed by atoms with Crippen molar-refractivity contribution in [3.8, 4) is 17.2 Å². The highest BCUT2D eigenvalue weighted by molar-refractivity contribution is 6.02. The first-order valence-electron chi connectivity index (χ1n) is 9.84. The number of nitrogens with zero attached hydrogens (tertiary/aromatic N) is 2.